The van der Waals surface area contributed by atoms with Gasteiger partial charge in [-0.25, -0.2) is 9.97 Å². The van der Waals surface area contributed by atoms with Gasteiger partial charge in [0.25, 0.3) is 0 Å². The van der Waals surface area contributed by atoms with Crippen LogP contribution in [0.5, 0.6) is 0 Å². The highest BCUT2D eigenvalue weighted by Gasteiger charge is 2.13. The molecule has 102 valence electrons. The van der Waals surface area contributed by atoms with Crippen molar-refractivity contribution in [2.45, 2.75) is 13.3 Å². The van der Waals surface area contributed by atoms with Gasteiger partial charge in [-0.2, -0.15) is 0 Å². The maximum Gasteiger partial charge on any atom is 0.164 e. The molecule has 0 aliphatic rings. The van der Waals surface area contributed by atoms with Crippen molar-refractivity contribution in [1.29, 1.82) is 0 Å². The molecule has 0 atom stereocenters. The van der Waals surface area contributed by atoms with Gasteiger partial charge in [-0.15, -0.1) is 11.6 Å². The van der Waals surface area contributed by atoms with Crippen LogP contribution in [0.2, 0.25) is 0 Å². The maximum atomic E-state index is 5.90. The summed E-state index contributed by atoms with van der Waals surface area (Å²) >= 11 is 9.34. The molecule has 0 bridgehead atoms. The predicted octanol–water partition coefficient (Wildman–Crippen LogP) is 4.27. The molecule has 0 aliphatic heterocycles. The standard InChI is InChI=1S/C15H13BrClN3/c1-10-3-2-4-12(7-10)20-14(5-6-17)19-13-8-11(16)9-18-15(13)20/h2-4,7-9H,5-6H2,1H3. The molecule has 2 aromatic heterocycles. The normalized spacial score (nSPS) is 11.2. The van der Waals surface area contributed by atoms with Crippen molar-refractivity contribution in [2.75, 3.05) is 5.88 Å². The fourth-order valence-electron chi connectivity index (χ4n) is 2.28. The fraction of sp³-hybridized carbons (Fsp3) is 0.200. The smallest absolute Gasteiger partial charge is 0.164 e. The molecule has 20 heavy (non-hydrogen) atoms. The zero-order valence-corrected chi connectivity index (χ0v) is 13.3. The summed E-state index contributed by atoms with van der Waals surface area (Å²) in [5.41, 5.74) is 4.01. The van der Waals surface area contributed by atoms with Crippen LogP contribution < -0.4 is 0 Å². The Morgan fingerprint density at radius 2 is 2.15 bits per heavy atom. The van der Waals surface area contributed by atoms with Gasteiger partial charge in [0.05, 0.1) is 0 Å². The first-order valence-electron chi connectivity index (χ1n) is 6.35. The summed E-state index contributed by atoms with van der Waals surface area (Å²) in [5, 5.41) is 0. The fourth-order valence-corrected chi connectivity index (χ4v) is 2.77. The van der Waals surface area contributed by atoms with Gasteiger partial charge in [-0.05, 0) is 46.6 Å². The molecular weight excluding hydrogens is 338 g/mol. The molecule has 0 saturated carbocycles. The minimum Gasteiger partial charge on any atom is -0.281 e. The summed E-state index contributed by atoms with van der Waals surface area (Å²) in [6.45, 7) is 2.08. The lowest BCUT2D eigenvalue weighted by atomic mass is 10.2. The van der Waals surface area contributed by atoms with Crippen LogP contribution in [0, 0.1) is 6.92 Å². The van der Waals surface area contributed by atoms with Crippen LogP contribution in [0.3, 0.4) is 0 Å². The van der Waals surface area contributed by atoms with Gasteiger partial charge in [-0.1, -0.05) is 12.1 Å². The number of fused-ring (bicyclic) bond motifs is 1. The summed E-state index contributed by atoms with van der Waals surface area (Å²) < 4.78 is 3.01. The molecule has 2 heterocycles. The number of hydrogen-bond acceptors (Lipinski definition) is 2. The van der Waals surface area contributed by atoms with Crippen molar-refractivity contribution in [3.05, 3.63) is 52.4 Å². The molecule has 3 nitrogen and oxygen atoms in total. The Balaban J connectivity index is 2.28. The molecule has 1 aromatic carbocycles. The van der Waals surface area contributed by atoms with Gasteiger partial charge in [0.15, 0.2) is 5.65 Å². The lowest BCUT2D eigenvalue weighted by Gasteiger charge is -2.08. The second-order valence-electron chi connectivity index (χ2n) is 4.64. The van der Waals surface area contributed by atoms with E-state index in [1.54, 1.807) is 6.20 Å². The highest BCUT2D eigenvalue weighted by atomic mass is 79.9. The van der Waals surface area contributed by atoms with Gasteiger partial charge in [-0.3, -0.25) is 4.57 Å². The minimum absolute atomic E-state index is 0.538. The highest BCUT2D eigenvalue weighted by molar-refractivity contribution is 9.10. The third kappa shape index (κ3) is 2.45. The predicted molar refractivity (Wildman–Crippen MR) is 85.7 cm³/mol. The van der Waals surface area contributed by atoms with Gasteiger partial charge in [0, 0.05) is 28.7 Å². The highest BCUT2D eigenvalue weighted by Crippen LogP contribution is 2.23. The van der Waals surface area contributed by atoms with E-state index in [0.717, 1.165) is 27.1 Å². The maximum absolute atomic E-state index is 5.90. The molecule has 5 heteroatoms. The molecule has 3 rings (SSSR count). The third-order valence-corrected chi connectivity index (χ3v) is 3.73. The van der Waals surface area contributed by atoms with Crippen molar-refractivity contribution in [3.63, 3.8) is 0 Å². The van der Waals surface area contributed by atoms with Crippen molar-refractivity contribution in [3.8, 4) is 5.69 Å². The number of alkyl halides is 1. The van der Waals surface area contributed by atoms with E-state index in [4.69, 9.17) is 11.6 Å². The Morgan fingerprint density at radius 3 is 2.90 bits per heavy atom. The molecular formula is C15H13BrClN3. The number of aryl methyl sites for hydroxylation is 2. The van der Waals surface area contributed by atoms with Crippen molar-refractivity contribution < 1.29 is 0 Å². The van der Waals surface area contributed by atoms with E-state index in [2.05, 4.69) is 55.6 Å². The van der Waals surface area contributed by atoms with E-state index in [1.807, 2.05) is 12.1 Å². The van der Waals surface area contributed by atoms with Gasteiger partial charge < -0.3 is 0 Å². The van der Waals surface area contributed by atoms with E-state index in [9.17, 15) is 0 Å². The Bertz CT molecular complexity index is 767. The average Bonchev–Trinajstić information content (AvgIpc) is 2.76. The van der Waals surface area contributed by atoms with Gasteiger partial charge in [0.1, 0.15) is 11.3 Å². The zero-order chi connectivity index (χ0) is 14.1. The first-order chi connectivity index (χ1) is 9.69. The summed E-state index contributed by atoms with van der Waals surface area (Å²) in [5.74, 6) is 1.47. The quantitative estimate of drug-likeness (QED) is 0.660. The molecule has 0 N–H and O–H groups in total. The second kappa shape index (κ2) is 5.54. The van der Waals surface area contributed by atoms with Crippen LogP contribution in [0.4, 0.5) is 0 Å². The first kappa shape index (κ1) is 13.6. The first-order valence-corrected chi connectivity index (χ1v) is 7.67. The zero-order valence-electron chi connectivity index (χ0n) is 11.0. The van der Waals surface area contributed by atoms with Crippen molar-refractivity contribution in [1.82, 2.24) is 14.5 Å². The van der Waals surface area contributed by atoms with Crippen LogP contribution in [0.15, 0.2) is 41.0 Å². The van der Waals surface area contributed by atoms with Crippen LogP contribution in [-0.2, 0) is 6.42 Å². The van der Waals surface area contributed by atoms with E-state index >= 15 is 0 Å². The lowest BCUT2D eigenvalue weighted by molar-refractivity contribution is 0.904. The number of rotatable bonds is 3. The van der Waals surface area contributed by atoms with Crippen LogP contribution in [0.25, 0.3) is 16.9 Å². The van der Waals surface area contributed by atoms with Gasteiger partial charge >= 0.3 is 0 Å². The Labute approximate surface area is 130 Å². The molecule has 0 unspecified atom stereocenters. The van der Waals surface area contributed by atoms with E-state index in [0.29, 0.717) is 12.3 Å². The van der Waals surface area contributed by atoms with E-state index < -0.39 is 0 Å². The number of benzene rings is 1. The summed E-state index contributed by atoms with van der Waals surface area (Å²) in [7, 11) is 0. The van der Waals surface area contributed by atoms with Crippen molar-refractivity contribution in [2.24, 2.45) is 0 Å². The van der Waals surface area contributed by atoms with Crippen LogP contribution >= 0.6 is 27.5 Å². The second-order valence-corrected chi connectivity index (χ2v) is 5.93. The number of imidazole rings is 1. The minimum atomic E-state index is 0.538. The monoisotopic (exact) mass is 349 g/mol. The van der Waals surface area contributed by atoms with E-state index in [1.165, 1.54) is 5.56 Å². The average molecular weight is 351 g/mol. The lowest BCUT2D eigenvalue weighted by Crippen LogP contribution is -2.03. The van der Waals surface area contributed by atoms with Gasteiger partial charge in [0.2, 0.25) is 0 Å². The molecule has 0 spiro atoms. The molecule has 3 aromatic rings. The summed E-state index contributed by atoms with van der Waals surface area (Å²) in [4.78, 5) is 9.16. The molecule has 0 fully saturated rings. The third-order valence-electron chi connectivity index (χ3n) is 3.11. The number of halogens is 2. The number of pyridine rings is 1. The van der Waals surface area contributed by atoms with Crippen LogP contribution in [0.1, 0.15) is 11.4 Å². The Kier molecular flexibility index (Phi) is 3.76. The molecule has 0 amide bonds. The molecule has 0 aliphatic carbocycles. The molecule has 0 saturated heterocycles. The largest absolute Gasteiger partial charge is 0.281 e. The Morgan fingerprint density at radius 1 is 1.30 bits per heavy atom. The SMILES string of the molecule is Cc1cccc(-n2c(CCCl)nc3cc(Br)cnc32)c1. The number of nitrogens with zero attached hydrogens (tertiary/aromatic N) is 3. The molecule has 0 radical (unpaired) electrons. The van der Waals surface area contributed by atoms with Crippen molar-refractivity contribution >= 4 is 38.7 Å². The summed E-state index contributed by atoms with van der Waals surface area (Å²) in [6.07, 6.45) is 2.50. The van der Waals surface area contributed by atoms with E-state index in [-0.39, 0.29) is 0 Å². The Hall–Kier alpha value is -1.39. The number of aromatic nitrogens is 3. The summed E-state index contributed by atoms with van der Waals surface area (Å²) in [6, 6.07) is 10.3. The topological polar surface area (TPSA) is 30.7 Å². The number of hydrogen-bond donors (Lipinski definition) is 0. The van der Waals surface area contributed by atoms with Crippen LogP contribution in [-0.4, -0.2) is 20.4 Å².